The van der Waals surface area contributed by atoms with E-state index in [0.29, 0.717) is 25.4 Å². The van der Waals surface area contributed by atoms with Crippen LogP contribution in [0.2, 0.25) is 0 Å². The molecule has 0 aliphatic carbocycles. The molecule has 2 aliphatic rings. The van der Waals surface area contributed by atoms with Gasteiger partial charge in [-0.3, -0.25) is 19.2 Å². The Bertz CT molecular complexity index is 848. The number of halogens is 1. The fourth-order valence-corrected chi connectivity index (χ4v) is 3.39. The van der Waals surface area contributed by atoms with Gasteiger partial charge in [0.25, 0.3) is 0 Å². The molecule has 0 spiro atoms. The van der Waals surface area contributed by atoms with Gasteiger partial charge in [-0.15, -0.1) is 0 Å². The maximum Gasteiger partial charge on any atom is 3.00 e. The summed E-state index contributed by atoms with van der Waals surface area (Å²) in [6.07, 6.45) is 6.56. The molecular weight excluding hydrogens is 529 g/mol. The van der Waals surface area contributed by atoms with Crippen LogP contribution in [-0.4, -0.2) is 58.1 Å². The summed E-state index contributed by atoms with van der Waals surface area (Å²) in [6.45, 7) is 11.2. The van der Waals surface area contributed by atoms with Crippen LogP contribution < -0.4 is 12.4 Å². The van der Waals surface area contributed by atoms with E-state index in [-0.39, 0.29) is 31.9 Å². The molecule has 0 bridgehead atoms. The summed E-state index contributed by atoms with van der Waals surface area (Å²) < 4.78 is 0. The number of rotatable bonds is 5. The third-order valence-corrected chi connectivity index (χ3v) is 5.65. The van der Waals surface area contributed by atoms with Crippen LogP contribution in [0.15, 0.2) is 48.8 Å². The number of allylic oxidation sites excluding steroid dienone is 2. The van der Waals surface area contributed by atoms with Crippen LogP contribution in [0, 0.1) is 6.92 Å². The molecule has 0 saturated carbocycles. The van der Waals surface area contributed by atoms with Gasteiger partial charge >= 0.3 is 19.5 Å². The Labute approximate surface area is 215 Å². The quantitative estimate of drug-likeness (QED) is 0.379. The van der Waals surface area contributed by atoms with Gasteiger partial charge in [0.1, 0.15) is 0 Å². The Kier molecular flexibility index (Phi) is 13.3. The van der Waals surface area contributed by atoms with Crippen LogP contribution in [0.5, 0.6) is 0 Å². The van der Waals surface area contributed by atoms with E-state index in [9.17, 15) is 19.2 Å². The van der Waals surface area contributed by atoms with Crippen LogP contribution in [0.4, 0.5) is 0 Å². The molecule has 1 radical (unpaired) electrons. The first kappa shape index (κ1) is 30.9. The van der Waals surface area contributed by atoms with Crippen molar-refractivity contribution in [2.45, 2.75) is 59.0 Å². The van der Waals surface area contributed by atoms with Gasteiger partial charge in [0, 0.05) is 37.6 Å². The normalized spacial score (nSPS) is 19.7. The number of nitrogens with zero attached hydrogens (tertiary/aromatic N) is 2. The topological polar surface area (TPSA) is 74.8 Å². The molecule has 2 unspecified atom stereocenters. The minimum atomic E-state index is -0.463. The summed E-state index contributed by atoms with van der Waals surface area (Å²) in [5.41, 5.74) is 2.76. The summed E-state index contributed by atoms with van der Waals surface area (Å²) in [5.74, 6) is -1.07. The molecule has 2 heterocycles. The molecule has 0 fully saturated rings. The maximum absolute atomic E-state index is 11.6. The van der Waals surface area contributed by atoms with Crippen molar-refractivity contribution in [2.75, 3.05) is 13.1 Å². The number of ketones is 4. The molecule has 1 aromatic rings. The average molecular weight is 561 g/mol. The molecule has 2 atom stereocenters. The molecule has 179 valence electrons. The second-order valence-electron chi connectivity index (χ2n) is 8.34. The van der Waals surface area contributed by atoms with Gasteiger partial charge in [0.2, 0.25) is 23.1 Å². The fraction of sp³-hybridized carbons (Fsp3) is 0.440. The van der Waals surface area contributed by atoms with Crippen LogP contribution in [0.3, 0.4) is 0 Å². The van der Waals surface area contributed by atoms with Gasteiger partial charge in [0.15, 0.2) is 0 Å². The zero-order chi connectivity index (χ0) is 23.1. The molecule has 2 aliphatic heterocycles. The molecule has 6 nitrogen and oxygen atoms in total. The number of Topliss-reactive ketones (excluding diaryl/α,β-unsaturated/α-hetero) is 2. The third-order valence-electron chi connectivity index (χ3n) is 5.65. The van der Waals surface area contributed by atoms with E-state index in [1.807, 2.05) is 9.80 Å². The molecule has 1 aromatic carbocycles. The molecule has 0 saturated heterocycles. The van der Waals surface area contributed by atoms with Crippen molar-refractivity contribution < 1.29 is 51.1 Å². The zero-order valence-corrected chi connectivity index (χ0v) is 22.2. The number of hydrogen-bond acceptors (Lipinski definition) is 6. The Morgan fingerprint density at radius 1 is 0.788 bits per heavy atom. The van der Waals surface area contributed by atoms with Gasteiger partial charge in [0.05, 0.1) is 12.1 Å². The Morgan fingerprint density at radius 3 is 1.55 bits per heavy atom. The van der Waals surface area contributed by atoms with E-state index in [1.165, 1.54) is 23.3 Å². The molecule has 0 aromatic heterocycles. The largest absolute Gasteiger partial charge is 3.00 e. The zero-order valence-electron chi connectivity index (χ0n) is 19.7. The number of carbonyl (C=O) groups is 4. The third kappa shape index (κ3) is 8.64. The second kappa shape index (κ2) is 14.2. The first-order chi connectivity index (χ1) is 14.6. The summed E-state index contributed by atoms with van der Waals surface area (Å²) in [7, 11) is 0. The monoisotopic (exact) mass is 561 g/mol. The SMILES string of the molecule is CC1C(=O)C(=O)C=CN1CCCN1C=CC(=O)C(=O)C1C.Cc1ccc(C(C)C)cc1.[Cl-].[Ru+3]. The molecular formula is C25H32ClN2O4Ru+2. The van der Waals surface area contributed by atoms with E-state index in [2.05, 4.69) is 45.0 Å². The number of benzene rings is 1. The fourth-order valence-electron chi connectivity index (χ4n) is 3.39. The number of hydrogen-bond donors (Lipinski definition) is 0. The van der Waals surface area contributed by atoms with Crippen molar-refractivity contribution in [2.24, 2.45) is 0 Å². The first-order valence-corrected chi connectivity index (χ1v) is 10.7. The van der Waals surface area contributed by atoms with Crippen LogP contribution in [0.25, 0.3) is 0 Å². The first-order valence-electron chi connectivity index (χ1n) is 10.7. The standard InChI is InChI=1S/C15H18N2O4.C10H14.ClH.Ru/c1-10-14(20)12(18)4-8-16(10)6-3-7-17-9-5-13(19)15(21)11(17)2;1-8(2)10-6-4-9(3)5-7-10;;/h4-5,8-11H,3,6-7H2,1-2H3;4-8H,1-3H3;1H;/q;;;+3/p-1. The van der Waals surface area contributed by atoms with Crippen molar-refractivity contribution in [1.29, 1.82) is 0 Å². The van der Waals surface area contributed by atoms with Gasteiger partial charge in [-0.25, -0.2) is 0 Å². The number of carbonyl (C=O) groups excluding carboxylic acids is 4. The van der Waals surface area contributed by atoms with Crippen molar-refractivity contribution >= 4 is 23.1 Å². The predicted molar refractivity (Wildman–Crippen MR) is 121 cm³/mol. The predicted octanol–water partition coefficient (Wildman–Crippen LogP) is 0.208. The van der Waals surface area contributed by atoms with Crippen molar-refractivity contribution in [3.63, 3.8) is 0 Å². The van der Waals surface area contributed by atoms with Gasteiger partial charge in [-0.05, 0) is 38.7 Å². The van der Waals surface area contributed by atoms with Crippen LogP contribution >= 0.6 is 0 Å². The van der Waals surface area contributed by atoms with E-state index in [0.717, 1.165) is 0 Å². The summed E-state index contributed by atoms with van der Waals surface area (Å²) in [4.78, 5) is 49.3. The van der Waals surface area contributed by atoms with Gasteiger partial charge < -0.3 is 22.2 Å². The minimum Gasteiger partial charge on any atom is -1.00 e. The molecule has 0 N–H and O–H groups in total. The molecule has 3 rings (SSSR count). The van der Waals surface area contributed by atoms with Gasteiger partial charge in [-0.1, -0.05) is 43.7 Å². The molecule has 0 amide bonds. The van der Waals surface area contributed by atoms with E-state index >= 15 is 0 Å². The van der Waals surface area contributed by atoms with Crippen molar-refractivity contribution in [3.05, 3.63) is 59.9 Å². The van der Waals surface area contributed by atoms with Crippen molar-refractivity contribution in [3.8, 4) is 0 Å². The Balaban J connectivity index is 0.000000726. The summed E-state index contributed by atoms with van der Waals surface area (Å²) in [6, 6.07) is 7.82. The maximum atomic E-state index is 11.6. The van der Waals surface area contributed by atoms with E-state index in [4.69, 9.17) is 0 Å². The molecule has 33 heavy (non-hydrogen) atoms. The Hall–Kier alpha value is -2.11. The minimum absolute atomic E-state index is 0. The summed E-state index contributed by atoms with van der Waals surface area (Å²) >= 11 is 0. The average Bonchev–Trinajstić information content (AvgIpc) is 2.74. The smallest absolute Gasteiger partial charge is 1.00 e. The Morgan fingerprint density at radius 2 is 1.18 bits per heavy atom. The second-order valence-corrected chi connectivity index (χ2v) is 8.34. The van der Waals surface area contributed by atoms with E-state index < -0.39 is 35.2 Å². The van der Waals surface area contributed by atoms with Crippen LogP contribution in [-0.2, 0) is 38.7 Å². The van der Waals surface area contributed by atoms with Crippen LogP contribution in [0.1, 0.15) is 51.2 Å². The van der Waals surface area contributed by atoms with Crippen molar-refractivity contribution in [1.82, 2.24) is 9.80 Å². The molecule has 8 heteroatoms. The van der Waals surface area contributed by atoms with Gasteiger partial charge in [-0.2, -0.15) is 0 Å². The van der Waals surface area contributed by atoms with E-state index in [1.54, 1.807) is 26.2 Å². The number of aryl methyl sites for hydroxylation is 1. The summed E-state index contributed by atoms with van der Waals surface area (Å²) in [5, 5.41) is 0.